The molecule has 0 saturated carbocycles. The summed E-state index contributed by atoms with van der Waals surface area (Å²) >= 11 is 3.20. The van der Waals surface area contributed by atoms with Gasteiger partial charge in [0.2, 0.25) is 0 Å². The quantitative estimate of drug-likeness (QED) is 0.583. The van der Waals surface area contributed by atoms with Crippen molar-refractivity contribution < 1.29 is 19.4 Å². The number of imide groups is 1. The molecule has 1 heterocycles. The fourth-order valence-corrected chi connectivity index (χ4v) is 2.05. The number of aromatic hydroxyl groups is 1. The number of amides is 3. The Morgan fingerprint density at radius 2 is 2.11 bits per heavy atom. The van der Waals surface area contributed by atoms with Crippen molar-refractivity contribution in [1.82, 2.24) is 10.6 Å². The Kier molecular flexibility index (Phi) is 3.75. The van der Waals surface area contributed by atoms with Crippen LogP contribution in [0, 0.1) is 0 Å². The second-order valence-electron chi connectivity index (χ2n) is 3.75. The van der Waals surface area contributed by atoms with Gasteiger partial charge in [-0.1, -0.05) is 0 Å². The molecular weight excluding hydrogens is 316 g/mol. The Hall–Kier alpha value is -2.02. The number of nitrogens with one attached hydrogen (secondary N) is 2. The van der Waals surface area contributed by atoms with Crippen molar-refractivity contribution in [2.24, 2.45) is 0 Å². The molecule has 3 N–H and O–H groups in total. The van der Waals surface area contributed by atoms with Crippen LogP contribution in [0.25, 0.3) is 6.08 Å². The number of rotatable bonds is 3. The van der Waals surface area contributed by atoms with Crippen LogP contribution in [-0.4, -0.2) is 23.7 Å². The number of carbonyl (C=O) groups excluding carboxylic acids is 2. The number of halogens is 1. The van der Waals surface area contributed by atoms with Crippen molar-refractivity contribution in [1.29, 1.82) is 0 Å². The molecule has 0 aromatic heterocycles. The Balaban J connectivity index is 2.38. The van der Waals surface area contributed by atoms with Gasteiger partial charge in [-0.05, 0) is 46.6 Å². The molecule has 1 fully saturated rings. The van der Waals surface area contributed by atoms with Crippen LogP contribution in [0.15, 0.2) is 22.3 Å². The molecule has 6 nitrogen and oxygen atoms in total. The molecule has 0 atom stereocenters. The summed E-state index contributed by atoms with van der Waals surface area (Å²) in [6.45, 7) is 2.19. The zero-order valence-corrected chi connectivity index (χ0v) is 11.6. The average molecular weight is 327 g/mol. The zero-order valence-electron chi connectivity index (χ0n) is 9.99. The van der Waals surface area contributed by atoms with Crippen molar-refractivity contribution in [3.63, 3.8) is 0 Å². The molecule has 1 aliphatic heterocycles. The number of ether oxygens (including phenoxy) is 1. The molecule has 0 bridgehead atoms. The van der Waals surface area contributed by atoms with Gasteiger partial charge in [0.1, 0.15) is 5.70 Å². The van der Waals surface area contributed by atoms with E-state index in [0.717, 1.165) is 0 Å². The summed E-state index contributed by atoms with van der Waals surface area (Å²) in [4.78, 5) is 22.4. The predicted octanol–water partition coefficient (Wildman–Crippen LogP) is 1.73. The van der Waals surface area contributed by atoms with Gasteiger partial charge in [-0.15, -0.1) is 0 Å². The molecule has 1 saturated heterocycles. The molecule has 0 unspecified atom stereocenters. The third-order valence-corrected chi connectivity index (χ3v) is 2.99. The largest absolute Gasteiger partial charge is 0.503 e. The molecule has 100 valence electrons. The van der Waals surface area contributed by atoms with E-state index in [1.165, 1.54) is 6.08 Å². The molecule has 1 aromatic rings. The number of hydrogen-bond donors (Lipinski definition) is 3. The Morgan fingerprint density at radius 3 is 2.68 bits per heavy atom. The summed E-state index contributed by atoms with van der Waals surface area (Å²) in [5.41, 5.74) is 0.755. The summed E-state index contributed by atoms with van der Waals surface area (Å²) in [6.07, 6.45) is 1.49. The van der Waals surface area contributed by atoms with Crippen LogP contribution in [0.5, 0.6) is 11.5 Å². The first kappa shape index (κ1) is 13.4. The molecule has 0 aliphatic carbocycles. The first-order valence-corrected chi connectivity index (χ1v) is 6.30. The van der Waals surface area contributed by atoms with Crippen LogP contribution in [-0.2, 0) is 4.79 Å². The zero-order chi connectivity index (χ0) is 14.0. The van der Waals surface area contributed by atoms with Gasteiger partial charge in [0, 0.05) is 0 Å². The van der Waals surface area contributed by atoms with Crippen molar-refractivity contribution in [3.8, 4) is 11.5 Å². The first-order chi connectivity index (χ1) is 9.01. The molecule has 1 aliphatic rings. The van der Waals surface area contributed by atoms with E-state index >= 15 is 0 Å². The lowest BCUT2D eigenvalue weighted by Crippen LogP contribution is -2.22. The highest BCUT2D eigenvalue weighted by Crippen LogP contribution is 2.36. The highest BCUT2D eigenvalue weighted by molar-refractivity contribution is 9.10. The molecular formula is C12H11BrN2O4. The lowest BCUT2D eigenvalue weighted by atomic mass is 10.1. The molecule has 19 heavy (non-hydrogen) atoms. The van der Waals surface area contributed by atoms with Crippen LogP contribution < -0.4 is 15.4 Å². The second kappa shape index (κ2) is 5.31. The number of urea groups is 1. The monoisotopic (exact) mass is 326 g/mol. The van der Waals surface area contributed by atoms with Gasteiger partial charge in [-0.25, -0.2) is 4.79 Å². The first-order valence-electron chi connectivity index (χ1n) is 5.50. The van der Waals surface area contributed by atoms with Crippen LogP contribution >= 0.6 is 15.9 Å². The van der Waals surface area contributed by atoms with Gasteiger partial charge in [0.15, 0.2) is 11.5 Å². The van der Waals surface area contributed by atoms with E-state index in [9.17, 15) is 14.7 Å². The highest BCUT2D eigenvalue weighted by atomic mass is 79.9. The SMILES string of the molecule is CCOc1cc(/C=C2\NC(=O)NC2=O)cc(Br)c1O. The maximum Gasteiger partial charge on any atom is 0.326 e. The van der Waals surface area contributed by atoms with Gasteiger partial charge in [0.05, 0.1) is 11.1 Å². The normalized spacial score (nSPS) is 16.4. The summed E-state index contributed by atoms with van der Waals surface area (Å²) in [6, 6.07) is 2.64. The Morgan fingerprint density at radius 1 is 1.37 bits per heavy atom. The third-order valence-electron chi connectivity index (χ3n) is 2.38. The molecule has 7 heteroatoms. The van der Waals surface area contributed by atoms with Gasteiger partial charge in [-0.2, -0.15) is 0 Å². The minimum Gasteiger partial charge on any atom is -0.503 e. The Labute approximate surface area is 117 Å². The van der Waals surface area contributed by atoms with Gasteiger partial charge < -0.3 is 15.2 Å². The molecule has 1 aromatic carbocycles. The van der Waals surface area contributed by atoms with Gasteiger partial charge >= 0.3 is 6.03 Å². The summed E-state index contributed by atoms with van der Waals surface area (Å²) in [5.74, 6) is -0.204. The van der Waals surface area contributed by atoms with E-state index < -0.39 is 11.9 Å². The van der Waals surface area contributed by atoms with Crippen LogP contribution in [0.3, 0.4) is 0 Å². The highest BCUT2D eigenvalue weighted by Gasteiger charge is 2.23. The molecule has 0 spiro atoms. The van der Waals surface area contributed by atoms with E-state index in [1.54, 1.807) is 19.1 Å². The molecule has 3 amide bonds. The lowest BCUT2D eigenvalue weighted by molar-refractivity contribution is -0.115. The summed E-state index contributed by atoms with van der Waals surface area (Å²) in [5, 5.41) is 14.3. The summed E-state index contributed by atoms with van der Waals surface area (Å²) < 4.78 is 5.71. The van der Waals surface area contributed by atoms with E-state index in [-0.39, 0.29) is 11.4 Å². The van der Waals surface area contributed by atoms with Crippen molar-refractivity contribution >= 4 is 33.9 Å². The van der Waals surface area contributed by atoms with Crippen LogP contribution in [0.2, 0.25) is 0 Å². The summed E-state index contributed by atoms with van der Waals surface area (Å²) in [7, 11) is 0. The van der Waals surface area contributed by atoms with Gasteiger partial charge in [0.25, 0.3) is 5.91 Å². The Bertz CT molecular complexity index is 583. The average Bonchev–Trinajstić information content (AvgIpc) is 2.64. The molecule has 0 radical (unpaired) electrons. The maximum atomic E-state index is 11.4. The van der Waals surface area contributed by atoms with Crippen molar-refractivity contribution in [2.45, 2.75) is 6.92 Å². The number of phenolic OH excluding ortho intramolecular Hbond substituents is 1. The predicted molar refractivity (Wildman–Crippen MR) is 71.6 cm³/mol. The maximum absolute atomic E-state index is 11.4. The van der Waals surface area contributed by atoms with Crippen molar-refractivity contribution in [2.75, 3.05) is 6.61 Å². The number of benzene rings is 1. The van der Waals surface area contributed by atoms with Crippen molar-refractivity contribution in [3.05, 3.63) is 27.9 Å². The third kappa shape index (κ3) is 2.87. The van der Waals surface area contributed by atoms with Crippen LogP contribution in [0.1, 0.15) is 12.5 Å². The number of carbonyl (C=O) groups is 2. The fraction of sp³-hybridized carbons (Fsp3) is 0.167. The topological polar surface area (TPSA) is 87.7 Å². The minimum atomic E-state index is -0.556. The second-order valence-corrected chi connectivity index (χ2v) is 4.60. The number of phenols is 1. The van der Waals surface area contributed by atoms with Crippen LogP contribution in [0.4, 0.5) is 4.79 Å². The smallest absolute Gasteiger partial charge is 0.326 e. The number of hydrogen-bond acceptors (Lipinski definition) is 4. The fourth-order valence-electron chi connectivity index (χ4n) is 1.59. The standard InChI is InChI=1S/C12H11BrN2O4/c1-2-19-9-5-6(3-7(13)10(9)16)4-8-11(17)15-12(18)14-8/h3-5,16H,2H2,1H3,(H2,14,15,17,18)/b8-4-. The van der Waals surface area contributed by atoms with E-state index in [1.807, 2.05) is 0 Å². The van der Waals surface area contributed by atoms with E-state index in [4.69, 9.17) is 4.74 Å². The molecule has 2 rings (SSSR count). The lowest BCUT2D eigenvalue weighted by Gasteiger charge is -2.08. The van der Waals surface area contributed by atoms with E-state index in [2.05, 4.69) is 26.6 Å². The van der Waals surface area contributed by atoms with Gasteiger partial charge in [-0.3, -0.25) is 10.1 Å². The minimum absolute atomic E-state index is 0.0103. The van der Waals surface area contributed by atoms with E-state index in [0.29, 0.717) is 22.4 Å².